The third-order valence-corrected chi connectivity index (χ3v) is 4.41. The molecule has 0 N–H and O–H groups in total. The number of furan rings is 1. The number of ketones is 1. The lowest BCUT2D eigenvalue weighted by Crippen LogP contribution is -2.48. The first kappa shape index (κ1) is 17.8. The Morgan fingerprint density at radius 3 is 2.27 bits per heavy atom. The van der Waals surface area contributed by atoms with Gasteiger partial charge < -0.3 is 9.32 Å². The minimum atomic E-state index is -0.661. The second-order valence-corrected chi connectivity index (χ2v) is 6.22. The lowest BCUT2D eigenvalue weighted by Gasteiger charge is -2.34. The van der Waals surface area contributed by atoms with Gasteiger partial charge in [0.15, 0.2) is 11.5 Å². The molecule has 1 aromatic carbocycles. The van der Waals surface area contributed by atoms with Crippen LogP contribution in [0.25, 0.3) is 0 Å². The molecule has 2 aromatic rings. The Balaban J connectivity index is 1.54. The van der Waals surface area contributed by atoms with Crippen LogP contribution in [0, 0.1) is 10.1 Å². The van der Waals surface area contributed by atoms with Crippen molar-refractivity contribution < 1.29 is 18.9 Å². The molecule has 136 valence electrons. The number of nitro groups is 1. The van der Waals surface area contributed by atoms with Gasteiger partial charge >= 0.3 is 5.88 Å². The van der Waals surface area contributed by atoms with Crippen LogP contribution in [0.3, 0.4) is 0 Å². The maximum atomic E-state index is 12.4. The van der Waals surface area contributed by atoms with Crippen LogP contribution in [0.5, 0.6) is 0 Å². The Bertz CT molecular complexity index is 820. The minimum absolute atomic E-state index is 0.00929. The molecule has 3 rings (SSSR count). The number of benzene rings is 1. The summed E-state index contributed by atoms with van der Waals surface area (Å²) in [6, 6.07) is 10.0. The van der Waals surface area contributed by atoms with Crippen molar-refractivity contribution in [3.05, 3.63) is 63.4 Å². The molecule has 0 saturated carbocycles. The number of nitrogens with zero attached hydrogens (tertiary/aromatic N) is 3. The van der Waals surface area contributed by atoms with E-state index in [9.17, 15) is 19.7 Å². The molecule has 0 unspecified atom stereocenters. The van der Waals surface area contributed by atoms with Crippen LogP contribution in [0.2, 0.25) is 0 Å². The SMILES string of the molecule is CC(=O)c1ccc(CN2CCN(C(=O)c3ccc([N+](=O)[O-])o3)CC2)cc1. The number of hydrogen-bond donors (Lipinski definition) is 0. The van der Waals surface area contributed by atoms with Crippen molar-refractivity contribution in [1.29, 1.82) is 0 Å². The Morgan fingerprint density at radius 2 is 1.73 bits per heavy atom. The molecular weight excluding hydrogens is 338 g/mol. The van der Waals surface area contributed by atoms with Crippen LogP contribution in [-0.4, -0.2) is 52.6 Å². The first-order valence-electron chi connectivity index (χ1n) is 8.30. The average molecular weight is 357 g/mol. The molecule has 1 aliphatic heterocycles. The third-order valence-electron chi connectivity index (χ3n) is 4.41. The van der Waals surface area contributed by atoms with E-state index in [0.29, 0.717) is 31.7 Å². The molecule has 1 saturated heterocycles. The predicted molar refractivity (Wildman–Crippen MR) is 93.0 cm³/mol. The van der Waals surface area contributed by atoms with Gasteiger partial charge in [-0.25, -0.2) is 0 Å². The topological polar surface area (TPSA) is 96.9 Å². The first-order valence-corrected chi connectivity index (χ1v) is 8.30. The van der Waals surface area contributed by atoms with E-state index in [1.807, 2.05) is 24.3 Å². The molecule has 1 amide bonds. The molecular formula is C18H19N3O5. The fourth-order valence-electron chi connectivity index (χ4n) is 2.91. The molecule has 26 heavy (non-hydrogen) atoms. The zero-order chi connectivity index (χ0) is 18.7. The zero-order valence-corrected chi connectivity index (χ0v) is 14.4. The van der Waals surface area contributed by atoms with Gasteiger partial charge in [0.05, 0.1) is 6.07 Å². The van der Waals surface area contributed by atoms with Crippen molar-refractivity contribution in [3.63, 3.8) is 0 Å². The van der Waals surface area contributed by atoms with Gasteiger partial charge in [-0.05, 0) is 18.6 Å². The molecule has 2 heterocycles. The summed E-state index contributed by atoms with van der Waals surface area (Å²) in [6.07, 6.45) is 0. The first-order chi connectivity index (χ1) is 12.4. The summed E-state index contributed by atoms with van der Waals surface area (Å²) in [6.45, 7) is 4.73. The minimum Gasteiger partial charge on any atom is -0.395 e. The summed E-state index contributed by atoms with van der Waals surface area (Å²) in [5.41, 5.74) is 1.80. The van der Waals surface area contributed by atoms with Crippen LogP contribution >= 0.6 is 0 Å². The summed E-state index contributed by atoms with van der Waals surface area (Å²) in [7, 11) is 0. The number of carbonyl (C=O) groups is 2. The molecule has 0 bridgehead atoms. The second kappa shape index (κ2) is 7.49. The van der Waals surface area contributed by atoms with E-state index < -0.39 is 10.8 Å². The summed E-state index contributed by atoms with van der Waals surface area (Å²) < 4.78 is 4.98. The van der Waals surface area contributed by atoms with Gasteiger partial charge in [0, 0.05) is 38.3 Å². The fraction of sp³-hybridized carbons (Fsp3) is 0.333. The smallest absolute Gasteiger partial charge is 0.395 e. The largest absolute Gasteiger partial charge is 0.433 e. The Hall–Kier alpha value is -3.00. The molecule has 1 fully saturated rings. The van der Waals surface area contributed by atoms with Crippen molar-refractivity contribution in [3.8, 4) is 0 Å². The lowest BCUT2D eigenvalue weighted by atomic mass is 10.1. The van der Waals surface area contributed by atoms with Crippen molar-refractivity contribution >= 4 is 17.6 Å². The number of amides is 1. The quantitative estimate of drug-likeness (QED) is 0.463. The Morgan fingerprint density at radius 1 is 1.08 bits per heavy atom. The van der Waals surface area contributed by atoms with Crippen LogP contribution in [0.15, 0.2) is 40.8 Å². The highest BCUT2D eigenvalue weighted by Gasteiger charge is 2.26. The third kappa shape index (κ3) is 3.97. The highest BCUT2D eigenvalue weighted by Crippen LogP contribution is 2.18. The maximum absolute atomic E-state index is 12.4. The van der Waals surface area contributed by atoms with Gasteiger partial charge in [-0.3, -0.25) is 24.6 Å². The number of piperazine rings is 1. The van der Waals surface area contributed by atoms with Gasteiger partial charge in [-0.1, -0.05) is 24.3 Å². The standard InChI is InChI=1S/C18H19N3O5/c1-13(22)15-4-2-14(3-5-15)12-19-8-10-20(11-9-19)18(23)16-6-7-17(26-16)21(24)25/h2-7H,8-12H2,1H3. The van der Waals surface area contributed by atoms with Gasteiger partial charge in [-0.2, -0.15) is 0 Å². The molecule has 8 nitrogen and oxygen atoms in total. The van der Waals surface area contributed by atoms with E-state index in [-0.39, 0.29) is 17.5 Å². The molecule has 1 aromatic heterocycles. The number of rotatable bonds is 5. The van der Waals surface area contributed by atoms with E-state index in [0.717, 1.165) is 12.1 Å². The fourth-order valence-corrected chi connectivity index (χ4v) is 2.91. The van der Waals surface area contributed by atoms with Crippen LogP contribution < -0.4 is 0 Å². The predicted octanol–water partition coefficient (Wildman–Crippen LogP) is 2.35. The molecule has 8 heteroatoms. The van der Waals surface area contributed by atoms with Crippen molar-refractivity contribution in [2.45, 2.75) is 13.5 Å². The van der Waals surface area contributed by atoms with E-state index in [1.54, 1.807) is 11.8 Å². The second-order valence-electron chi connectivity index (χ2n) is 6.22. The van der Waals surface area contributed by atoms with Gasteiger partial charge in [0.2, 0.25) is 0 Å². The molecule has 1 aliphatic rings. The summed E-state index contributed by atoms with van der Waals surface area (Å²) >= 11 is 0. The number of Topliss-reactive ketones (excluding diaryl/α,β-unsaturated/α-hetero) is 1. The van der Waals surface area contributed by atoms with Gasteiger partial charge in [0.25, 0.3) is 5.91 Å². The van der Waals surface area contributed by atoms with Crippen LogP contribution in [0.1, 0.15) is 33.4 Å². The lowest BCUT2D eigenvalue weighted by molar-refractivity contribution is -0.402. The molecule has 0 aliphatic carbocycles. The molecule has 0 atom stereocenters. The highest BCUT2D eigenvalue weighted by atomic mass is 16.6. The monoisotopic (exact) mass is 357 g/mol. The summed E-state index contributed by atoms with van der Waals surface area (Å²) in [5, 5.41) is 10.6. The van der Waals surface area contributed by atoms with Gasteiger partial charge in [-0.15, -0.1) is 0 Å². The summed E-state index contributed by atoms with van der Waals surface area (Å²) in [5.74, 6) is -0.726. The number of hydrogen-bond acceptors (Lipinski definition) is 6. The Kier molecular flexibility index (Phi) is 5.13. The normalized spacial score (nSPS) is 15.0. The van der Waals surface area contributed by atoms with Crippen molar-refractivity contribution in [2.75, 3.05) is 26.2 Å². The van der Waals surface area contributed by atoms with Crippen LogP contribution in [-0.2, 0) is 6.54 Å². The van der Waals surface area contributed by atoms with E-state index in [1.165, 1.54) is 12.1 Å². The highest BCUT2D eigenvalue weighted by molar-refractivity contribution is 5.94. The van der Waals surface area contributed by atoms with Crippen molar-refractivity contribution in [2.24, 2.45) is 0 Å². The molecule has 0 spiro atoms. The Labute approximate surface area is 150 Å². The maximum Gasteiger partial charge on any atom is 0.433 e. The van der Waals surface area contributed by atoms with Crippen molar-refractivity contribution in [1.82, 2.24) is 9.80 Å². The number of carbonyl (C=O) groups excluding carboxylic acids is 2. The van der Waals surface area contributed by atoms with Crippen LogP contribution in [0.4, 0.5) is 5.88 Å². The van der Waals surface area contributed by atoms with E-state index in [4.69, 9.17) is 4.42 Å². The zero-order valence-electron chi connectivity index (χ0n) is 14.4. The van der Waals surface area contributed by atoms with Gasteiger partial charge in [0.1, 0.15) is 4.92 Å². The molecule has 0 radical (unpaired) electrons. The van der Waals surface area contributed by atoms with E-state index >= 15 is 0 Å². The average Bonchev–Trinajstić information content (AvgIpc) is 3.13. The van der Waals surface area contributed by atoms with E-state index in [2.05, 4.69) is 4.90 Å². The summed E-state index contributed by atoms with van der Waals surface area (Å²) in [4.78, 5) is 37.5.